The van der Waals surface area contributed by atoms with Gasteiger partial charge in [0, 0.05) is 0 Å². The molecule has 0 amide bonds. The van der Waals surface area contributed by atoms with Crippen LogP contribution >= 0.6 is 0 Å². The van der Waals surface area contributed by atoms with Crippen LogP contribution in [0.3, 0.4) is 0 Å². The molecule has 1 aromatic carbocycles. The fourth-order valence-corrected chi connectivity index (χ4v) is 1.64. The molecule has 0 spiro atoms. The summed E-state index contributed by atoms with van der Waals surface area (Å²) in [6, 6.07) is 9.40. The normalized spacial score (nSPS) is 14.9. The molecule has 1 atom stereocenters. The van der Waals surface area contributed by atoms with Crippen molar-refractivity contribution in [1.29, 1.82) is 0 Å². The van der Waals surface area contributed by atoms with E-state index in [9.17, 15) is 4.79 Å². The average Bonchev–Trinajstić information content (AvgIpc) is 2.17. The van der Waals surface area contributed by atoms with Gasteiger partial charge in [-0.1, -0.05) is 44.2 Å². The van der Waals surface area contributed by atoms with Crippen LogP contribution in [0.5, 0.6) is 0 Å². The number of rotatable bonds is 4. The van der Waals surface area contributed by atoms with Gasteiger partial charge in [0.1, 0.15) is 0 Å². The standard InChI is InChI=1S/C12H17NO2/c1-9(2)12(13,8-11(14)15)10-6-4-3-5-7-10/h3-7,9H,8,13H2,1-2H3,(H,14,15)/t12-/m0/s1. The lowest BCUT2D eigenvalue weighted by Crippen LogP contribution is -2.43. The van der Waals surface area contributed by atoms with Gasteiger partial charge in [0.2, 0.25) is 0 Å². The lowest BCUT2D eigenvalue weighted by molar-refractivity contribution is -0.139. The second-order valence-electron chi connectivity index (χ2n) is 4.13. The van der Waals surface area contributed by atoms with Crippen molar-refractivity contribution in [3.63, 3.8) is 0 Å². The molecule has 0 bridgehead atoms. The zero-order valence-corrected chi connectivity index (χ0v) is 9.10. The van der Waals surface area contributed by atoms with Gasteiger partial charge < -0.3 is 10.8 Å². The van der Waals surface area contributed by atoms with Crippen molar-refractivity contribution >= 4 is 5.97 Å². The van der Waals surface area contributed by atoms with Crippen LogP contribution in [-0.4, -0.2) is 11.1 Å². The van der Waals surface area contributed by atoms with E-state index in [-0.39, 0.29) is 12.3 Å². The molecule has 0 radical (unpaired) electrons. The van der Waals surface area contributed by atoms with Crippen LogP contribution in [0.1, 0.15) is 25.8 Å². The zero-order chi connectivity index (χ0) is 11.5. The van der Waals surface area contributed by atoms with Crippen LogP contribution in [0, 0.1) is 5.92 Å². The summed E-state index contributed by atoms with van der Waals surface area (Å²) in [6.07, 6.45) is -0.0469. The molecule has 0 saturated carbocycles. The smallest absolute Gasteiger partial charge is 0.305 e. The SMILES string of the molecule is CC(C)[C@@](N)(CC(=O)O)c1ccccc1. The van der Waals surface area contributed by atoms with Gasteiger partial charge in [0.05, 0.1) is 12.0 Å². The van der Waals surface area contributed by atoms with E-state index in [0.717, 1.165) is 5.56 Å². The van der Waals surface area contributed by atoms with E-state index in [2.05, 4.69) is 0 Å². The molecule has 0 unspecified atom stereocenters. The third-order valence-electron chi connectivity index (χ3n) is 2.79. The predicted octanol–water partition coefficient (Wildman–Crippen LogP) is 1.97. The van der Waals surface area contributed by atoms with E-state index >= 15 is 0 Å². The Morgan fingerprint density at radius 3 is 2.33 bits per heavy atom. The second kappa shape index (κ2) is 4.45. The molecule has 0 aliphatic carbocycles. The zero-order valence-electron chi connectivity index (χ0n) is 9.10. The first-order valence-electron chi connectivity index (χ1n) is 5.03. The van der Waals surface area contributed by atoms with Crippen LogP contribution in [0.25, 0.3) is 0 Å². The van der Waals surface area contributed by atoms with Gasteiger partial charge >= 0.3 is 5.97 Å². The highest BCUT2D eigenvalue weighted by atomic mass is 16.4. The molecule has 82 valence electrons. The van der Waals surface area contributed by atoms with Crippen LogP contribution in [0.15, 0.2) is 30.3 Å². The average molecular weight is 207 g/mol. The topological polar surface area (TPSA) is 63.3 Å². The molecule has 0 saturated heterocycles. The van der Waals surface area contributed by atoms with E-state index in [1.807, 2.05) is 44.2 Å². The van der Waals surface area contributed by atoms with Crippen LogP contribution in [0.4, 0.5) is 0 Å². The van der Waals surface area contributed by atoms with Crippen LogP contribution in [-0.2, 0) is 10.3 Å². The lowest BCUT2D eigenvalue weighted by Gasteiger charge is -2.32. The number of aliphatic carboxylic acids is 1. The van der Waals surface area contributed by atoms with E-state index in [0.29, 0.717) is 0 Å². The number of carboxylic acid groups (broad SMARTS) is 1. The first kappa shape index (κ1) is 11.7. The van der Waals surface area contributed by atoms with Crippen LogP contribution < -0.4 is 5.73 Å². The summed E-state index contributed by atoms with van der Waals surface area (Å²) in [5.41, 5.74) is 6.27. The minimum Gasteiger partial charge on any atom is -0.481 e. The molecule has 0 fully saturated rings. The second-order valence-corrected chi connectivity index (χ2v) is 4.13. The maximum absolute atomic E-state index is 10.8. The fraction of sp³-hybridized carbons (Fsp3) is 0.417. The minimum atomic E-state index is -0.866. The Balaban J connectivity index is 3.07. The Kier molecular flexibility index (Phi) is 3.48. The highest BCUT2D eigenvalue weighted by Gasteiger charge is 2.33. The number of hydrogen-bond acceptors (Lipinski definition) is 2. The van der Waals surface area contributed by atoms with E-state index in [1.165, 1.54) is 0 Å². The summed E-state index contributed by atoms with van der Waals surface area (Å²) in [6.45, 7) is 3.88. The summed E-state index contributed by atoms with van der Waals surface area (Å²) in [4.78, 5) is 10.8. The van der Waals surface area contributed by atoms with Gasteiger partial charge in [0.15, 0.2) is 0 Å². The van der Waals surface area contributed by atoms with Crippen molar-refractivity contribution in [3.8, 4) is 0 Å². The molecule has 15 heavy (non-hydrogen) atoms. The molecule has 0 aliphatic rings. The minimum absolute atomic E-state index is 0.0469. The Bertz CT molecular complexity index is 335. The highest BCUT2D eigenvalue weighted by molar-refractivity contribution is 5.69. The van der Waals surface area contributed by atoms with Gasteiger partial charge in [-0.2, -0.15) is 0 Å². The summed E-state index contributed by atoms with van der Waals surface area (Å²) >= 11 is 0. The number of carbonyl (C=O) groups is 1. The summed E-state index contributed by atoms with van der Waals surface area (Å²) in [5, 5.41) is 8.88. The third-order valence-corrected chi connectivity index (χ3v) is 2.79. The van der Waals surface area contributed by atoms with E-state index in [4.69, 9.17) is 10.8 Å². The highest BCUT2D eigenvalue weighted by Crippen LogP contribution is 2.30. The molecule has 0 aliphatic heterocycles. The number of nitrogens with two attached hydrogens (primary N) is 1. The Morgan fingerprint density at radius 2 is 1.93 bits per heavy atom. The molecule has 3 N–H and O–H groups in total. The summed E-state index contributed by atoms with van der Waals surface area (Å²) in [5.74, 6) is -0.786. The maximum Gasteiger partial charge on any atom is 0.305 e. The quantitative estimate of drug-likeness (QED) is 0.793. The van der Waals surface area contributed by atoms with Gasteiger partial charge in [-0.3, -0.25) is 4.79 Å². The summed E-state index contributed by atoms with van der Waals surface area (Å²) < 4.78 is 0. The number of hydrogen-bond donors (Lipinski definition) is 2. The van der Waals surface area contributed by atoms with Gasteiger partial charge in [-0.05, 0) is 11.5 Å². The van der Waals surface area contributed by atoms with Crippen molar-refractivity contribution in [3.05, 3.63) is 35.9 Å². The molecule has 1 aromatic rings. The van der Waals surface area contributed by atoms with E-state index in [1.54, 1.807) is 0 Å². The van der Waals surface area contributed by atoms with Crippen molar-refractivity contribution in [2.24, 2.45) is 11.7 Å². The lowest BCUT2D eigenvalue weighted by atomic mass is 9.78. The largest absolute Gasteiger partial charge is 0.481 e. The maximum atomic E-state index is 10.8. The molecule has 0 heterocycles. The molecule has 3 nitrogen and oxygen atoms in total. The first-order valence-corrected chi connectivity index (χ1v) is 5.03. The van der Waals surface area contributed by atoms with Gasteiger partial charge in [-0.15, -0.1) is 0 Å². The summed E-state index contributed by atoms with van der Waals surface area (Å²) in [7, 11) is 0. The van der Waals surface area contributed by atoms with Crippen molar-refractivity contribution in [1.82, 2.24) is 0 Å². The van der Waals surface area contributed by atoms with Crippen molar-refractivity contribution < 1.29 is 9.90 Å². The third kappa shape index (κ3) is 2.57. The van der Waals surface area contributed by atoms with E-state index < -0.39 is 11.5 Å². The number of carboxylic acids is 1. The Labute approximate surface area is 89.9 Å². The molecular weight excluding hydrogens is 190 g/mol. The molecule has 1 rings (SSSR count). The van der Waals surface area contributed by atoms with Gasteiger partial charge in [-0.25, -0.2) is 0 Å². The molecule has 3 heteroatoms. The number of benzene rings is 1. The van der Waals surface area contributed by atoms with Gasteiger partial charge in [0.25, 0.3) is 0 Å². The van der Waals surface area contributed by atoms with Crippen LogP contribution in [0.2, 0.25) is 0 Å². The Morgan fingerprint density at radius 1 is 1.40 bits per heavy atom. The first-order chi connectivity index (χ1) is 6.97. The molecular formula is C12H17NO2. The van der Waals surface area contributed by atoms with Crippen molar-refractivity contribution in [2.75, 3.05) is 0 Å². The Hall–Kier alpha value is -1.35. The predicted molar refractivity (Wildman–Crippen MR) is 59.4 cm³/mol. The monoisotopic (exact) mass is 207 g/mol. The molecule has 0 aromatic heterocycles. The fourth-order valence-electron chi connectivity index (χ4n) is 1.64. The van der Waals surface area contributed by atoms with Crippen molar-refractivity contribution in [2.45, 2.75) is 25.8 Å².